The summed E-state index contributed by atoms with van der Waals surface area (Å²) in [5, 5.41) is 11.5. The highest BCUT2D eigenvalue weighted by atomic mass is 35.5. The molecule has 0 bridgehead atoms. The molecule has 24 heavy (non-hydrogen) atoms. The summed E-state index contributed by atoms with van der Waals surface area (Å²) in [4.78, 5) is 26.5. The standard InChI is InChI=1S/C17H11ClN2O4/c1-10-8-12(4-7-15(10)20(22)23)16-19-14(17(21)24-16)9-11-2-5-13(18)6-3-11/h2-9H,1H3/b14-9-. The number of benzene rings is 2. The van der Waals surface area contributed by atoms with Gasteiger partial charge in [0, 0.05) is 22.2 Å². The van der Waals surface area contributed by atoms with Crippen molar-refractivity contribution < 1.29 is 14.5 Å². The Labute approximate surface area is 142 Å². The Balaban J connectivity index is 1.93. The van der Waals surface area contributed by atoms with Crippen LogP contribution in [-0.2, 0) is 9.53 Å². The van der Waals surface area contributed by atoms with Crippen molar-refractivity contribution >= 4 is 35.2 Å². The number of carbonyl (C=O) groups excluding carboxylic acids is 1. The molecule has 0 saturated carbocycles. The predicted octanol–water partition coefficient (Wildman–Crippen LogP) is 3.90. The zero-order valence-electron chi connectivity index (χ0n) is 12.5. The third-order valence-corrected chi connectivity index (χ3v) is 3.69. The van der Waals surface area contributed by atoms with E-state index in [4.69, 9.17) is 16.3 Å². The fourth-order valence-corrected chi connectivity index (χ4v) is 2.37. The van der Waals surface area contributed by atoms with Crippen LogP contribution in [0.15, 0.2) is 53.2 Å². The predicted molar refractivity (Wildman–Crippen MR) is 89.9 cm³/mol. The van der Waals surface area contributed by atoms with Gasteiger partial charge in [0.05, 0.1) is 4.92 Å². The SMILES string of the molecule is Cc1cc(C2=N/C(=C\c3ccc(Cl)cc3)C(=O)O2)ccc1[N+](=O)[O-]. The van der Waals surface area contributed by atoms with Gasteiger partial charge >= 0.3 is 5.97 Å². The van der Waals surface area contributed by atoms with Crippen LogP contribution in [0.3, 0.4) is 0 Å². The Morgan fingerprint density at radius 3 is 2.54 bits per heavy atom. The molecule has 0 aromatic heterocycles. The molecule has 0 N–H and O–H groups in total. The Kier molecular flexibility index (Phi) is 4.14. The minimum absolute atomic E-state index is 0.000559. The smallest absolute Gasteiger partial charge is 0.363 e. The molecule has 0 fully saturated rings. The van der Waals surface area contributed by atoms with E-state index in [1.807, 2.05) is 0 Å². The van der Waals surface area contributed by atoms with Crippen molar-refractivity contribution in [2.45, 2.75) is 6.92 Å². The Morgan fingerprint density at radius 1 is 1.21 bits per heavy atom. The van der Waals surface area contributed by atoms with Gasteiger partial charge in [0.1, 0.15) is 0 Å². The number of aliphatic imine (C=N–C) groups is 1. The van der Waals surface area contributed by atoms with Crippen LogP contribution in [-0.4, -0.2) is 16.8 Å². The van der Waals surface area contributed by atoms with E-state index >= 15 is 0 Å². The highest BCUT2D eigenvalue weighted by molar-refractivity contribution is 6.30. The number of nitro groups is 1. The molecule has 6 nitrogen and oxygen atoms in total. The van der Waals surface area contributed by atoms with Crippen LogP contribution in [0.2, 0.25) is 5.02 Å². The molecule has 3 rings (SSSR count). The van der Waals surface area contributed by atoms with Crippen LogP contribution < -0.4 is 0 Å². The summed E-state index contributed by atoms with van der Waals surface area (Å²) in [6, 6.07) is 11.4. The number of carbonyl (C=O) groups is 1. The van der Waals surface area contributed by atoms with Gasteiger partial charge in [-0.3, -0.25) is 10.1 Å². The van der Waals surface area contributed by atoms with Crippen LogP contribution in [0.5, 0.6) is 0 Å². The lowest BCUT2D eigenvalue weighted by atomic mass is 10.1. The van der Waals surface area contributed by atoms with E-state index in [0.717, 1.165) is 5.56 Å². The van der Waals surface area contributed by atoms with Gasteiger partial charge in [-0.2, -0.15) is 0 Å². The Bertz CT molecular complexity index is 901. The van der Waals surface area contributed by atoms with E-state index in [-0.39, 0.29) is 17.3 Å². The maximum atomic E-state index is 12.0. The van der Waals surface area contributed by atoms with Crippen molar-refractivity contribution in [3.8, 4) is 0 Å². The quantitative estimate of drug-likeness (QED) is 0.366. The topological polar surface area (TPSA) is 81.8 Å². The first-order chi connectivity index (χ1) is 11.4. The highest BCUT2D eigenvalue weighted by Crippen LogP contribution is 2.23. The monoisotopic (exact) mass is 342 g/mol. The molecule has 120 valence electrons. The normalized spacial score (nSPS) is 15.3. The van der Waals surface area contributed by atoms with Gasteiger partial charge in [-0.05, 0) is 42.8 Å². The largest absolute Gasteiger partial charge is 0.402 e. The maximum absolute atomic E-state index is 12.0. The second kappa shape index (κ2) is 6.25. The molecule has 1 aliphatic heterocycles. The summed E-state index contributed by atoms with van der Waals surface area (Å²) in [5.41, 5.74) is 1.89. The summed E-state index contributed by atoms with van der Waals surface area (Å²) in [6.07, 6.45) is 1.59. The number of ether oxygens (including phenoxy) is 1. The highest BCUT2D eigenvalue weighted by Gasteiger charge is 2.25. The van der Waals surface area contributed by atoms with Crippen LogP contribution in [0.4, 0.5) is 5.69 Å². The van der Waals surface area contributed by atoms with Gasteiger partial charge < -0.3 is 4.74 Å². The van der Waals surface area contributed by atoms with E-state index in [9.17, 15) is 14.9 Å². The zero-order chi connectivity index (χ0) is 17.3. The van der Waals surface area contributed by atoms with Crippen molar-refractivity contribution in [1.82, 2.24) is 0 Å². The van der Waals surface area contributed by atoms with Crippen LogP contribution in [0, 0.1) is 17.0 Å². The molecule has 0 amide bonds. The molecule has 0 radical (unpaired) electrons. The second-order valence-electron chi connectivity index (χ2n) is 5.15. The number of cyclic esters (lactones) is 1. The first-order valence-electron chi connectivity index (χ1n) is 6.97. The number of nitrogens with zero attached hydrogens (tertiary/aromatic N) is 2. The fraction of sp³-hybridized carbons (Fsp3) is 0.0588. The van der Waals surface area contributed by atoms with Gasteiger partial charge in [0.15, 0.2) is 5.70 Å². The zero-order valence-corrected chi connectivity index (χ0v) is 13.3. The third kappa shape index (κ3) is 3.18. The van der Waals surface area contributed by atoms with Crippen molar-refractivity contribution in [2.24, 2.45) is 4.99 Å². The molecule has 0 saturated heterocycles. The van der Waals surface area contributed by atoms with E-state index in [2.05, 4.69) is 4.99 Å². The average Bonchev–Trinajstić information content (AvgIpc) is 2.90. The molecule has 0 aliphatic carbocycles. The minimum atomic E-state index is -0.573. The van der Waals surface area contributed by atoms with E-state index in [0.29, 0.717) is 16.1 Å². The molecule has 2 aromatic rings. The average molecular weight is 343 g/mol. The van der Waals surface area contributed by atoms with Crippen molar-refractivity contribution in [3.05, 3.63) is 80.0 Å². The van der Waals surface area contributed by atoms with Gasteiger partial charge in [-0.1, -0.05) is 23.7 Å². The number of esters is 1. The van der Waals surface area contributed by atoms with Gasteiger partial charge in [-0.15, -0.1) is 0 Å². The fourth-order valence-electron chi connectivity index (χ4n) is 2.24. The molecule has 1 aliphatic rings. The lowest BCUT2D eigenvalue weighted by Gasteiger charge is -2.01. The van der Waals surface area contributed by atoms with E-state index in [1.165, 1.54) is 12.1 Å². The summed E-state index contributed by atoms with van der Waals surface area (Å²) >= 11 is 5.82. The molecule has 1 heterocycles. The van der Waals surface area contributed by atoms with E-state index < -0.39 is 10.9 Å². The molecular formula is C17H11ClN2O4. The van der Waals surface area contributed by atoms with Gasteiger partial charge in [0.25, 0.3) is 5.69 Å². The second-order valence-corrected chi connectivity index (χ2v) is 5.58. The Morgan fingerprint density at radius 2 is 1.92 bits per heavy atom. The van der Waals surface area contributed by atoms with Crippen molar-refractivity contribution in [3.63, 3.8) is 0 Å². The van der Waals surface area contributed by atoms with Crippen LogP contribution in [0.1, 0.15) is 16.7 Å². The lowest BCUT2D eigenvalue weighted by molar-refractivity contribution is -0.385. The maximum Gasteiger partial charge on any atom is 0.363 e. The van der Waals surface area contributed by atoms with Gasteiger partial charge in [0.2, 0.25) is 5.90 Å². The summed E-state index contributed by atoms with van der Waals surface area (Å²) in [6.45, 7) is 1.61. The molecule has 2 aromatic carbocycles. The van der Waals surface area contributed by atoms with Crippen LogP contribution in [0.25, 0.3) is 6.08 Å². The van der Waals surface area contributed by atoms with E-state index in [1.54, 1.807) is 43.3 Å². The number of rotatable bonds is 3. The van der Waals surface area contributed by atoms with Crippen LogP contribution >= 0.6 is 11.6 Å². The molecule has 0 spiro atoms. The summed E-state index contributed by atoms with van der Waals surface area (Å²) < 4.78 is 5.16. The number of hydrogen-bond acceptors (Lipinski definition) is 5. The van der Waals surface area contributed by atoms with Crippen molar-refractivity contribution in [2.75, 3.05) is 0 Å². The Hall–Kier alpha value is -2.99. The summed E-state index contributed by atoms with van der Waals surface area (Å²) in [5.74, 6) is -0.450. The summed E-state index contributed by atoms with van der Waals surface area (Å²) in [7, 11) is 0. The van der Waals surface area contributed by atoms with Crippen molar-refractivity contribution in [1.29, 1.82) is 0 Å². The molecule has 0 atom stereocenters. The number of nitro benzene ring substituents is 1. The first-order valence-corrected chi connectivity index (χ1v) is 7.35. The molecule has 0 unspecified atom stereocenters. The van der Waals surface area contributed by atoms with Gasteiger partial charge in [-0.25, -0.2) is 9.79 Å². The minimum Gasteiger partial charge on any atom is -0.402 e. The number of hydrogen-bond donors (Lipinski definition) is 0. The number of aryl methyl sites for hydroxylation is 1. The third-order valence-electron chi connectivity index (χ3n) is 3.43. The first kappa shape index (κ1) is 15.9. The number of halogens is 1. The molecular weight excluding hydrogens is 332 g/mol. The lowest BCUT2D eigenvalue weighted by Crippen LogP contribution is -2.06. The molecule has 7 heteroatoms.